The highest BCUT2D eigenvalue weighted by molar-refractivity contribution is 5.94. The molecule has 16 aromatic rings. The molecule has 0 N–H and O–H groups in total. The van der Waals surface area contributed by atoms with Gasteiger partial charge in [-0.2, -0.15) is 0 Å². The van der Waals surface area contributed by atoms with Crippen molar-refractivity contribution in [2.75, 3.05) is 6.61 Å². The van der Waals surface area contributed by atoms with Gasteiger partial charge in [0.25, 0.3) is 0 Å². The van der Waals surface area contributed by atoms with Crippen LogP contribution in [0, 0.1) is 0 Å². The Balaban J connectivity index is 0.795. The Morgan fingerprint density at radius 1 is 0.201 bits per heavy atom. The average molecular weight is 1850 g/mol. The van der Waals surface area contributed by atoms with Gasteiger partial charge in [0.2, 0.25) is 29.3 Å². The Bertz CT molecular complexity index is 6360. The van der Waals surface area contributed by atoms with Gasteiger partial charge in [0, 0.05) is 6.42 Å². The van der Waals surface area contributed by atoms with Crippen LogP contribution < -0.4 is 56.8 Å². The first-order chi connectivity index (χ1) is 68.5. The zero-order valence-electron chi connectivity index (χ0n) is 76.0. The lowest BCUT2D eigenvalue weighted by Gasteiger charge is -2.39. The van der Waals surface area contributed by atoms with E-state index >= 15 is 19.2 Å². The van der Waals surface area contributed by atoms with E-state index in [2.05, 4.69) is 0 Å². The Labute approximate surface area is 806 Å². The normalized spacial score (nSPS) is 13.6. The number of hydrogen-bond donors (Lipinski definition) is 0. The van der Waals surface area contributed by atoms with Crippen LogP contribution >= 0.6 is 0 Å². The third kappa shape index (κ3) is 27.0. The molecule has 698 valence electrons. The van der Waals surface area contributed by atoms with E-state index in [-0.39, 0.29) is 171 Å². The number of rotatable bonds is 45. The summed E-state index contributed by atoms with van der Waals surface area (Å²) in [5.41, 5.74) is 9.20. The van der Waals surface area contributed by atoms with Crippen LogP contribution in [0.2, 0.25) is 0 Å². The molecular formula is C118H100O21. The van der Waals surface area contributed by atoms with Crippen molar-refractivity contribution in [2.24, 2.45) is 0 Å². The summed E-state index contributed by atoms with van der Waals surface area (Å²) >= 11 is 0. The fourth-order valence-electron chi connectivity index (χ4n) is 15.1. The lowest BCUT2D eigenvalue weighted by atomic mass is 10.0. The highest BCUT2D eigenvalue weighted by Crippen LogP contribution is 2.47. The molecule has 1 heterocycles. The summed E-state index contributed by atoms with van der Waals surface area (Å²) in [5, 5.41) is 0. The van der Waals surface area contributed by atoms with Gasteiger partial charge in [0.15, 0.2) is 52.1 Å². The summed E-state index contributed by atoms with van der Waals surface area (Å²) in [6.45, 7) is -0.350. The van der Waals surface area contributed by atoms with Crippen molar-refractivity contribution in [2.45, 2.75) is 110 Å². The van der Waals surface area contributed by atoms with Crippen LogP contribution in [-0.4, -0.2) is 55.1 Å². The Hall–Kier alpha value is -17.0. The Morgan fingerprint density at radius 2 is 0.367 bits per heavy atom. The number of carbonyl (C=O) groups excluding carboxylic acids is 4. The van der Waals surface area contributed by atoms with E-state index < -0.39 is 61.5 Å². The summed E-state index contributed by atoms with van der Waals surface area (Å²) in [6, 6.07) is 126. The van der Waals surface area contributed by atoms with Crippen LogP contribution in [0.25, 0.3) is 0 Å². The summed E-state index contributed by atoms with van der Waals surface area (Å²) in [5.74, 6) is -2.52. The second-order valence-corrected chi connectivity index (χ2v) is 32.7. The van der Waals surface area contributed by atoms with Gasteiger partial charge < -0.3 is 80.5 Å². The molecule has 0 saturated carbocycles. The smallest absolute Gasteiger partial charge is 0.340 e. The lowest BCUT2D eigenvalue weighted by molar-refractivity contribution is -0.250. The van der Waals surface area contributed by atoms with Crippen molar-refractivity contribution < 1.29 is 99.7 Å². The van der Waals surface area contributed by atoms with E-state index in [1.54, 1.807) is 0 Å². The van der Waals surface area contributed by atoms with Crippen LogP contribution in [0.15, 0.2) is 413 Å². The second-order valence-electron chi connectivity index (χ2n) is 32.7. The van der Waals surface area contributed by atoms with Crippen molar-refractivity contribution in [3.8, 4) is 69.0 Å². The van der Waals surface area contributed by atoms with Gasteiger partial charge in [0.05, 0.1) is 22.3 Å². The van der Waals surface area contributed by atoms with E-state index in [1.165, 1.54) is 48.5 Å². The van der Waals surface area contributed by atoms with E-state index in [1.807, 2.05) is 364 Å². The molecular weight excluding hydrogens is 1750 g/mol. The predicted molar refractivity (Wildman–Crippen MR) is 522 cm³/mol. The molecule has 0 aromatic heterocycles. The average Bonchev–Trinajstić information content (AvgIpc) is 0.788. The van der Waals surface area contributed by atoms with Crippen molar-refractivity contribution in [3.05, 3.63) is 502 Å². The molecule has 0 spiro atoms. The summed E-state index contributed by atoms with van der Waals surface area (Å²) < 4.78 is 114. The van der Waals surface area contributed by atoms with Crippen molar-refractivity contribution in [1.29, 1.82) is 0 Å². The van der Waals surface area contributed by atoms with Crippen molar-refractivity contribution >= 4 is 23.9 Å². The third-order valence-electron chi connectivity index (χ3n) is 22.4. The van der Waals surface area contributed by atoms with Crippen molar-refractivity contribution in [1.82, 2.24) is 0 Å². The van der Waals surface area contributed by atoms with Gasteiger partial charge in [-0.3, -0.25) is 0 Å². The third-order valence-corrected chi connectivity index (χ3v) is 22.4. The molecule has 139 heavy (non-hydrogen) atoms. The van der Waals surface area contributed by atoms with E-state index in [4.69, 9.17) is 80.5 Å². The van der Waals surface area contributed by atoms with Crippen LogP contribution in [0.1, 0.15) is 115 Å². The summed E-state index contributed by atoms with van der Waals surface area (Å²) in [7, 11) is 0. The fourth-order valence-corrected chi connectivity index (χ4v) is 15.1. The highest BCUT2D eigenvalue weighted by atomic mass is 16.7. The predicted octanol–water partition coefficient (Wildman–Crippen LogP) is 24.2. The molecule has 4 atom stereocenters. The molecule has 17 rings (SSSR count). The minimum absolute atomic E-state index is 0.00798. The molecule has 1 aliphatic heterocycles. The highest BCUT2D eigenvalue weighted by Gasteiger charge is 2.46. The Kier molecular flexibility index (Phi) is 32.5. The molecule has 21 nitrogen and oxygen atoms in total. The van der Waals surface area contributed by atoms with Crippen molar-refractivity contribution in [3.63, 3.8) is 0 Å². The minimum Gasteiger partial charge on any atom is -0.485 e. The van der Waals surface area contributed by atoms with Crippen LogP contribution in [-0.2, 0) is 103 Å². The molecule has 1 saturated heterocycles. The molecule has 21 heteroatoms. The quantitative estimate of drug-likeness (QED) is 0.0255. The first-order valence-electron chi connectivity index (χ1n) is 45.7. The summed E-state index contributed by atoms with van der Waals surface area (Å²) in [4.78, 5) is 64.3. The first-order valence-corrected chi connectivity index (χ1v) is 45.7. The molecule has 1 aliphatic rings. The number of esters is 4. The maximum atomic E-state index is 16.2. The van der Waals surface area contributed by atoms with Gasteiger partial charge in [0.1, 0.15) is 98.1 Å². The van der Waals surface area contributed by atoms with Crippen LogP contribution in [0.5, 0.6) is 69.0 Å². The zero-order chi connectivity index (χ0) is 94.8. The topological polar surface area (TPSA) is 225 Å². The van der Waals surface area contributed by atoms with Gasteiger partial charge in [-0.15, -0.1) is 0 Å². The van der Waals surface area contributed by atoms with Gasteiger partial charge in [-0.05, 0) is 115 Å². The van der Waals surface area contributed by atoms with Crippen LogP contribution in [0.4, 0.5) is 0 Å². The molecule has 0 aliphatic carbocycles. The molecule has 0 amide bonds. The summed E-state index contributed by atoms with van der Waals surface area (Å²) in [6.07, 6.45) is -7.48. The number of benzene rings is 16. The van der Waals surface area contributed by atoms with Crippen LogP contribution in [0.3, 0.4) is 0 Å². The molecule has 0 unspecified atom stereocenters. The molecule has 1 fully saturated rings. The van der Waals surface area contributed by atoms with Gasteiger partial charge >= 0.3 is 23.9 Å². The molecule has 16 aromatic carbocycles. The number of ether oxygens (including phenoxy) is 17. The van der Waals surface area contributed by atoms with E-state index in [0.717, 1.165) is 66.8 Å². The first kappa shape index (κ1) is 93.8. The van der Waals surface area contributed by atoms with Gasteiger partial charge in [-0.25, -0.2) is 19.2 Å². The van der Waals surface area contributed by atoms with E-state index in [9.17, 15) is 0 Å². The maximum absolute atomic E-state index is 16.2. The largest absolute Gasteiger partial charge is 0.485 e. The fraction of sp³-hybridized carbons (Fsp3) is 0.153. The Morgan fingerprint density at radius 3 is 0.561 bits per heavy atom. The standard InChI is InChI=1S/C118H100O21/c119-114(95-61-100(123-70-83-37-13-1-14-38-83)110(131-78-91-53-29-9-30-54-91)101(62-95)124-71-84-39-15-2-16-40-84)135-82-109-99(136-115(120)96-63-102(125-72-85-41-17-3-18-42-85)111(132-79-92-55-31-10-32-56-92)103(64-96)126-73-86-43-19-4-20-44-86)69-108(137-116(121)97-65-104(127-74-87-45-21-5-22-46-87)112(133-80-93-57-33-11-34-58-93)105(66-97)128-75-88-47-23-6-24-48-88)118(138-109)139-117(122)98-67-106(129-76-89-49-25-7-26-50-89)113(134-81-94-59-35-12-36-60-94)107(68-98)130-77-90-51-27-8-28-52-90/h1-68,99,108-109,118H,69-82H2/t99-,108+,109+,118+/m0/s1. The van der Waals surface area contributed by atoms with E-state index in [0.29, 0.717) is 0 Å². The zero-order valence-corrected chi connectivity index (χ0v) is 76.0. The van der Waals surface area contributed by atoms with Gasteiger partial charge in [-0.1, -0.05) is 364 Å². The number of hydrogen-bond acceptors (Lipinski definition) is 21. The monoisotopic (exact) mass is 1850 g/mol. The minimum atomic E-state index is -1.98. The molecule has 0 bridgehead atoms. The maximum Gasteiger partial charge on any atom is 0.340 e. The number of carbonyl (C=O) groups is 4. The lowest BCUT2D eigenvalue weighted by Crippen LogP contribution is -2.53. The second kappa shape index (κ2) is 48.2. The molecule has 0 radical (unpaired) electrons. The SMILES string of the molecule is O=C(OC[C@H]1O[C@H](OC(=O)c2cc(OCc3ccccc3)c(OCc3ccccc3)c(OCc3ccccc3)c2)[C@H](OC(=O)c2cc(OCc3ccccc3)c(OCc3ccccc3)c(OCc3ccccc3)c2)C[C@@H]1OC(=O)c1cc(OCc2ccccc2)c(OCc2ccccc2)c(OCc2ccccc2)c1)c1cc(OCc2ccccc2)c(OCc2ccccc2)c(OCc2ccccc2)c1.